The number of hydrogen-bond acceptors (Lipinski definition) is 1. The Kier molecular flexibility index (Phi) is 1.59. The summed E-state index contributed by atoms with van der Waals surface area (Å²) in [7, 11) is 0. The number of rotatable bonds is 0. The maximum absolute atomic E-state index is 11.4. The molecule has 1 heteroatoms. The number of carbonyl (C=O) groups is 1. The van der Waals surface area contributed by atoms with Gasteiger partial charge in [0.25, 0.3) is 0 Å². The minimum atomic E-state index is 0.0605. The first-order chi connectivity index (χ1) is 6.04. The van der Waals surface area contributed by atoms with E-state index >= 15 is 0 Å². The standard InChI is InChI=1S/C12H14O/c1-8-4-5-12(3)9(2)6-10(13)7-11(8)12/h4-5,7,9H,1,6H2,2-3H3/t9-,12+/m1/s1. The Morgan fingerprint density at radius 2 is 2.31 bits per heavy atom. The van der Waals surface area contributed by atoms with Crippen molar-refractivity contribution < 1.29 is 4.79 Å². The first-order valence-corrected chi connectivity index (χ1v) is 4.67. The Balaban J connectivity index is 2.54. The molecule has 68 valence electrons. The van der Waals surface area contributed by atoms with E-state index in [9.17, 15) is 4.79 Å². The smallest absolute Gasteiger partial charge is 0.156 e. The molecule has 2 aliphatic rings. The van der Waals surface area contributed by atoms with Crippen molar-refractivity contribution in [3.63, 3.8) is 0 Å². The number of carbonyl (C=O) groups excluding carboxylic acids is 1. The van der Waals surface area contributed by atoms with Gasteiger partial charge in [-0.2, -0.15) is 0 Å². The zero-order valence-electron chi connectivity index (χ0n) is 8.13. The molecule has 13 heavy (non-hydrogen) atoms. The molecule has 0 bridgehead atoms. The molecule has 0 N–H and O–H groups in total. The lowest BCUT2D eigenvalue weighted by Gasteiger charge is -2.34. The van der Waals surface area contributed by atoms with Crippen LogP contribution in [0.1, 0.15) is 20.3 Å². The molecule has 0 spiro atoms. The summed E-state index contributed by atoms with van der Waals surface area (Å²) in [5, 5.41) is 0. The molecule has 0 saturated heterocycles. The van der Waals surface area contributed by atoms with Crippen molar-refractivity contribution in [2.24, 2.45) is 11.3 Å². The van der Waals surface area contributed by atoms with Crippen molar-refractivity contribution in [1.29, 1.82) is 0 Å². The molecule has 1 nitrogen and oxygen atoms in total. The zero-order valence-corrected chi connectivity index (χ0v) is 8.13. The van der Waals surface area contributed by atoms with Gasteiger partial charge in [-0.15, -0.1) is 0 Å². The van der Waals surface area contributed by atoms with Gasteiger partial charge in [0.15, 0.2) is 5.78 Å². The van der Waals surface area contributed by atoms with Crippen LogP contribution < -0.4 is 0 Å². The van der Waals surface area contributed by atoms with Crippen LogP contribution in [0.15, 0.2) is 36.0 Å². The summed E-state index contributed by atoms with van der Waals surface area (Å²) in [5.74, 6) is 0.639. The summed E-state index contributed by atoms with van der Waals surface area (Å²) in [5.41, 5.74) is 2.18. The molecule has 2 atom stereocenters. The highest BCUT2D eigenvalue weighted by Crippen LogP contribution is 2.49. The topological polar surface area (TPSA) is 17.1 Å². The fourth-order valence-corrected chi connectivity index (χ4v) is 2.21. The molecule has 2 aliphatic carbocycles. The number of hydrogen-bond donors (Lipinski definition) is 0. The zero-order chi connectivity index (χ0) is 9.64. The second kappa shape index (κ2) is 2.44. The minimum absolute atomic E-state index is 0.0605. The Morgan fingerprint density at radius 3 is 3.00 bits per heavy atom. The molecule has 0 radical (unpaired) electrons. The molecule has 0 aliphatic heterocycles. The third kappa shape index (κ3) is 1.03. The Bertz CT molecular complexity index is 346. The Morgan fingerprint density at radius 1 is 1.62 bits per heavy atom. The maximum atomic E-state index is 11.4. The molecular weight excluding hydrogens is 160 g/mol. The Labute approximate surface area is 78.8 Å². The second-order valence-electron chi connectivity index (χ2n) is 4.27. The number of ketones is 1. The fourth-order valence-electron chi connectivity index (χ4n) is 2.21. The average molecular weight is 174 g/mol. The molecule has 0 saturated carbocycles. The van der Waals surface area contributed by atoms with E-state index in [0.717, 1.165) is 11.1 Å². The molecule has 0 heterocycles. The van der Waals surface area contributed by atoms with E-state index in [2.05, 4.69) is 26.5 Å². The summed E-state index contributed by atoms with van der Waals surface area (Å²) in [6.07, 6.45) is 6.64. The predicted molar refractivity (Wildman–Crippen MR) is 53.3 cm³/mol. The van der Waals surface area contributed by atoms with Crippen molar-refractivity contribution in [3.05, 3.63) is 36.0 Å². The second-order valence-corrected chi connectivity index (χ2v) is 4.27. The normalized spacial score (nSPS) is 37.7. The van der Waals surface area contributed by atoms with Crippen molar-refractivity contribution >= 4 is 5.78 Å². The van der Waals surface area contributed by atoms with Crippen LogP contribution in [-0.4, -0.2) is 5.78 Å². The summed E-state index contributed by atoms with van der Waals surface area (Å²) < 4.78 is 0. The molecule has 0 amide bonds. The molecule has 0 aromatic heterocycles. The van der Waals surface area contributed by atoms with Gasteiger partial charge in [-0.25, -0.2) is 0 Å². The van der Waals surface area contributed by atoms with Crippen LogP contribution in [-0.2, 0) is 4.79 Å². The quantitative estimate of drug-likeness (QED) is 0.551. The van der Waals surface area contributed by atoms with Gasteiger partial charge in [0.05, 0.1) is 0 Å². The van der Waals surface area contributed by atoms with Gasteiger partial charge < -0.3 is 0 Å². The predicted octanol–water partition coefficient (Wildman–Crippen LogP) is 2.65. The summed E-state index contributed by atoms with van der Waals surface area (Å²) in [4.78, 5) is 11.4. The molecule has 0 aromatic carbocycles. The van der Waals surface area contributed by atoms with Gasteiger partial charge in [0.1, 0.15) is 0 Å². The number of fused-ring (bicyclic) bond motifs is 1. The highest BCUT2D eigenvalue weighted by molar-refractivity contribution is 5.93. The molecule has 0 aromatic rings. The molecular formula is C12H14O. The van der Waals surface area contributed by atoms with E-state index < -0.39 is 0 Å². The lowest BCUT2D eigenvalue weighted by atomic mass is 9.68. The lowest BCUT2D eigenvalue weighted by Crippen LogP contribution is -2.29. The molecule has 0 unspecified atom stereocenters. The van der Waals surface area contributed by atoms with E-state index in [1.807, 2.05) is 6.08 Å². The summed E-state index contributed by atoms with van der Waals surface area (Å²) >= 11 is 0. The highest BCUT2D eigenvalue weighted by atomic mass is 16.1. The Hall–Kier alpha value is -1.11. The van der Waals surface area contributed by atoms with E-state index in [1.165, 1.54) is 0 Å². The van der Waals surface area contributed by atoms with Gasteiger partial charge in [0.2, 0.25) is 0 Å². The van der Waals surface area contributed by atoms with Crippen LogP contribution >= 0.6 is 0 Å². The van der Waals surface area contributed by atoms with Gasteiger partial charge in [-0.1, -0.05) is 32.6 Å². The summed E-state index contributed by atoms with van der Waals surface area (Å²) in [6.45, 7) is 8.26. The third-order valence-corrected chi connectivity index (χ3v) is 3.39. The monoisotopic (exact) mass is 174 g/mol. The van der Waals surface area contributed by atoms with Gasteiger partial charge >= 0.3 is 0 Å². The number of allylic oxidation sites excluding steroid dienone is 5. The van der Waals surface area contributed by atoms with E-state index in [4.69, 9.17) is 0 Å². The van der Waals surface area contributed by atoms with Crippen molar-refractivity contribution in [2.75, 3.05) is 0 Å². The molecule has 2 rings (SSSR count). The SMILES string of the molecule is C=C1C=C[C@]2(C)C1=CC(=O)C[C@H]2C. The van der Waals surface area contributed by atoms with Crippen molar-refractivity contribution in [3.8, 4) is 0 Å². The molecule has 0 fully saturated rings. The van der Waals surface area contributed by atoms with Crippen molar-refractivity contribution in [2.45, 2.75) is 20.3 Å². The van der Waals surface area contributed by atoms with Crippen LogP contribution in [0, 0.1) is 11.3 Å². The first kappa shape index (κ1) is 8.49. The van der Waals surface area contributed by atoms with Crippen molar-refractivity contribution in [1.82, 2.24) is 0 Å². The maximum Gasteiger partial charge on any atom is 0.156 e. The van der Waals surface area contributed by atoms with Crippen LogP contribution in [0.3, 0.4) is 0 Å². The van der Waals surface area contributed by atoms with Crippen LogP contribution in [0.4, 0.5) is 0 Å². The van der Waals surface area contributed by atoms with Gasteiger partial charge in [0, 0.05) is 11.8 Å². The van der Waals surface area contributed by atoms with Gasteiger partial charge in [-0.05, 0) is 23.1 Å². The van der Waals surface area contributed by atoms with E-state index in [1.54, 1.807) is 6.08 Å². The van der Waals surface area contributed by atoms with E-state index in [0.29, 0.717) is 12.3 Å². The van der Waals surface area contributed by atoms with Gasteiger partial charge in [-0.3, -0.25) is 4.79 Å². The largest absolute Gasteiger partial charge is 0.295 e. The third-order valence-electron chi connectivity index (χ3n) is 3.39. The average Bonchev–Trinajstić information content (AvgIpc) is 2.33. The minimum Gasteiger partial charge on any atom is -0.295 e. The summed E-state index contributed by atoms with van der Waals surface area (Å²) in [6, 6.07) is 0. The lowest BCUT2D eigenvalue weighted by molar-refractivity contribution is -0.116. The first-order valence-electron chi connectivity index (χ1n) is 4.67. The van der Waals surface area contributed by atoms with Crippen LogP contribution in [0.2, 0.25) is 0 Å². The highest BCUT2D eigenvalue weighted by Gasteiger charge is 2.40. The van der Waals surface area contributed by atoms with Crippen LogP contribution in [0.5, 0.6) is 0 Å². The van der Waals surface area contributed by atoms with Crippen LogP contribution in [0.25, 0.3) is 0 Å². The fraction of sp³-hybridized carbons (Fsp3) is 0.417. The van der Waals surface area contributed by atoms with E-state index in [-0.39, 0.29) is 11.2 Å².